The molecule has 1 aromatic carbocycles. The van der Waals surface area contributed by atoms with Crippen LogP contribution in [0.1, 0.15) is 25.8 Å². The number of hydrogen-bond donors (Lipinski definition) is 2. The molecule has 0 saturated carbocycles. The van der Waals surface area contributed by atoms with E-state index in [0.717, 1.165) is 18.6 Å². The molecule has 0 aliphatic carbocycles. The van der Waals surface area contributed by atoms with Gasteiger partial charge >= 0.3 is 0 Å². The number of benzene rings is 1. The van der Waals surface area contributed by atoms with Crippen molar-refractivity contribution in [2.45, 2.75) is 32.1 Å². The molecule has 0 fully saturated rings. The SMILES string of the molecule is CCC(C)C(O)CNS(=O)(=O)Cc1ccc(F)cc1F. The summed E-state index contributed by atoms with van der Waals surface area (Å²) in [6.45, 7) is 3.56. The lowest BCUT2D eigenvalue weighted by Gasteiger charge is -2.17. The van der Waals surface area contributed by atoms with Crippen LogP contribution in [0.3, 0.4) is 0 Å². The Balaban J connectivity index is 2.66. The molecule has 0 amide bonds. The molecule has 2 N–H and O–H groups in total. The number of nitrogens with one attached hydrogen (secondary N) is 1. The van der Waals surface area contributed by atoms with Gasteiger partial charge in [0.25, 0.3) is 0 Å². The lowest BCUT2D eigenvalue weighted by atomic mass is 10.0. The summed E-state index contributed by atoms with van der Waals surface area (Å²) in [5.74, 6) is -2.30. The molecule has 20 heavy (non-hydrogen) atoms. The maximum atomic E-state index is 13.4. The Bertz CT molecular complexity index is 549. The molecule has 0 aliphatic heterocycles. The Morgan fingerprint density at radius 3 is 2.55 bits per heavy atom. The maximum Gasteiger partial charge on any atom is 0.215 e. The van der Waals surface area contributed by atoms with Gasteiger partial charge in [-0.25, -0.2) is 21.9 Å². The predicted molar refractivity (Wildman–Crippen MR) is 72.4 cm³/mol. The van der Waals surface area contributed by atoms with E-state index in [1.54, 1.807) is 6.92 Å². The average Bonchev–Trinajstić information content (AvgIpc) is 2.38. The molecule has 2 atom stereocenters. The van der Waals surface area contributed by atoms with Gasteiger partial charge in [0.2, 0.25) is 10.0 Å². The minimum atomic E-state index is -3.78. The lowest BCUT2D eigenvalue weighted by molar-refractivity contribution is 0.118. The van der Waals surface area contributed by atoms with Crippen molar-refractivity contribution in [2.24, 2.45) is 5.92 Å². The first-order valence-corrected chi connectivity index (χ1v) is 7.99. The van der Waals surface area contributed by atoms with Crippen LogP contribution in [0.25, 0.3) is 0 Å². The van der Waals surface area contributed by atoms with Crippen LogP contribution in [0.4, 0.5) is 8.78 Å². The Hall–Kier alpha value is -1.05. The summed E-state index contributed by atoms with van der Waals surface area (Å²) in [5, 5.41) is 9.69. The second-order valence-corrected chi connectivity index (χ2v) is 6.60. The molecular formula is C13H19F2NO3S. The minimum absolute atomic E-state index is 0.0414. The summed E-state index contributed by atoms with van der Waals surface area (Å²) in [7, 11) is -3.78. The second kappa shape index (κ2) is 7.10. The Labute approximate surface area is 117 Å². The van der Waals surface area contributed by atoms with Gasteiger partial charge in [0.1, 0.15) is 11.6 Å². The van der Waals surface area contributed by atoms with Crippen LogP contribution in [0.15, 0.2) is 18.2 Å². The highest BCUT2D eigenvalue weighted by molar-refractivity contribution is 7.88. The second-order valence-electron chi connectivity index (χ2n) is 4.80. The molecule has 0 radical (unpaired) electrons. The highest BCUT2D eigenvalue weighted by Gasteiger charge is 2.18. The summed E-state index contributed by atoms with van der Waals surface area (Å²) < 4.78 is 51.9. The molecule has 7 heteroatoms. The first kappa shape index (κ1) is 17.0. The van der Waals surface area contributed by atoms with Gasteiger partial charge in [-0.05, 0) is 12.0 Å². The number of halogens is 2. The van der Waals surface area contributed by atoms with Gasteiger partial charge in [0.15, 0.2) is 0 Å². The summed E-state index contributed by atoms with van der Waals surface area (Å²) >= 11 is 0. The van der Waals surface area contributed by atoms with Crippen molar-refractivity contribution in [1.82, 2.24) is 4.72 Å². The van der Waals surface area contributed by atoms with E-state index in [2.05, 4.69) is 4.72 Å². The van der Waals surface area contributed by atoms with Gasteiger partial charge in [-0.15, -0.1) is 0 Å². The van der Waals surface area contributed by atoms with E-state index in [-0.39, 0.29) is 18.0 Å². The van der Waals surface area contributed by atoms with Crippen LogP contribution in [0.5, 0.6) is 0 Å². The van der Waals surface area contributed by atoms with E-state index in [1.165, 1.54) is 0 Å². The summed E-state index contributed by atoms with van der Waals surface area (Å²) in [6.07, 6.45) is -0.0806. The van der Waals surface area contributed by atoms with E-state index in [4.69, 9.17) is 0 Å². The molecule has 0 saturated heterocycles. The summed E-state index contributed by atoms with van der Waals surface area (Å²) in [5.41, 5.74) is -0.114. The van der Waals surface area contributed by atoms with Crippen molar-refractivity contribution >= 4 is 10.0 Å². The highest BCUT2D eigenvalue weighted by atomic mass is 32.2. The molecule has 1 rings (SSSR count). The van der Waals surface area contributed by atoms with Crippen LogP contribution < -0.4 is 4.72 Å². The van der Waals surface area contributed by atoms with Crippen molar-refractivity contribution in [3.63, 3.8) is 0 Å². The van der Waals surface area contributed by atoms with Crippen LogP contribution in [-0.2, 0) is 15.8 Å². The lowest BCUT2D eigenvalue weighted by Crippen LogP contribution is -2.36. The number of aliphatic hydroxyl groups is 1. The van der Waals surface area contributed by atoms with E-state index in [9.17, 15) is 22.3 Å². The fraction of sp³-hybridized carbons (Fsp3) is 0.538. The first-order valence-electron chi connectivity index (χ1n) is 6.34. The van der Waals surface area contributed by atoms with Gasteiger partial charge in [-0.3, -0.25) is 0 Å². The zero-order valence-electron chi connectivity index (χ0n) is 11.4. The normalized spacial score (nSPS) is 15.1. The Morgan fingerprint density at radius 2 is 2.00 bits per heavy atom. The van der Waals surface area contributed by atoms with Crippen molar-refractivity contribution in [2.75, 3.05) is 6.54 Å². The zero-order chi connectivity index (χ0) is 15.3. The van der Waals surface area contributed by atoms with Crippen LogP contribution >= 0.6 is 0 Å². The Kier molecular flexibility index (Phi) is 6.04. The number of rotatable bonds is 7. The number of hydrogen-bond acceptors (Lipinski definition) is 3. The number of sulfonamides is 1. The molecule has 114 valence electrons. The van der Waals surface area contributed by atoms with Gasteiger partial charge < -0.3 is 5.11 Å². The smallest absolute Gasteiger partial charge is 0.215 e. The molecule has 0 heterocycles. The first-order chi connectivity index (χ1) is 9.25. The molecule has 4 nitrogen and oxygen atoms in total. The van der Waals surface area contributed by atoms with Gasteiger partial charge in [-0.1, -0.05) is 26.3 Å². The quantitative estimate of drug-likeness (QED) is 0.807. The van der Waals surface area contributed by atoms with Crippen molar-refractivity contribution in [3.8, 4) is 0 Å². The van der Waals surface area contributed by atoms with E-state index in [1.807, 2.05) is 6.92 Å². The van der Waals surface area contributed by atoms with Crippen molar-refractivity contribution < 1.29 is 22.3 Å². The van der Waals surface area contributed by atoms with Gasteiger partial charge in [-0.2, -0.15) is 0 Å². The predicted octanol–water partition coefficient (Wildman–Crippen LogP) is 1.79. The molecule has 0 spiro atoms. The molecule has 0 aliphatic rings. The zero-order valence-corrected chi connectivity index (χ0v) is 12.3. The third-order valence-electron chi connectivity index (χ3n) is 3.17. The van der Waals surface area contributed by atoms with Crippen LogP contribution in [0, 0.1) is 17.6 Å². The summed E-state index contributed by atoms with van der Waals surface area (Å²) in [4.78, 5) is 0. The molecular weight excluding hydrogens is 288 g/mol. The third-order valence-corrected chi connectivity index (χ3v) is 4.47. The third kappa shape index (κ3) is 5.15. The fourth-order valence-corrected chi connectivity index (χ4v) is 2.75. The molecule has 2 unspecified atom stereocenters. The largest absolute Gasteiger partial charge is 0.391 e. The fourth-order valence-electron chi connectivity index (χ4n) is 1.58. The molecule has 1 aromatic rings. The standard InChI is InChI=1S/C13H19F2NO3S/c1-3-9(2)13(17)7-16-20(18,19)8-10-4-5-11(14)6-12(10)15/h4-6,9,13,16-17H,3,7-8H2,1-2H3. The van der Waals surface area contributed by atoms with Crippen molar-refractivity contribution in [1.29, 1.82) is 0 Å². The summed E-state index contributed by atoms with van der Waals surface area (Å²) in [6, 6.07) is 2.73. The van der Waals surface area contributed by atoms with E-state index >= 15 is 0 Å². The van der Waals surface area contributed by atoms with E-state index in [0.29, 0.717) is 6.07 Å². The Morgan fingerprint density at radius 1 is 1.35 bits per heavy atom. The highest BCUT2D eigenvalue weighted by Crippen LogP contribution is 2.13. The van der Waals surface area contributed by atoms with Crippen LogP contribution in [-0.4, -0.2) is 26.2 Å². The molecule has 0 bridgehead atoms. The topological polar surface area (TPSA) is 66.4 Å². The van der Waals surface area contributed by atoms with Gasteiger partial charge in [0.05, 0.1) is 11.9 Å². The number of aliphatic hydroxyl groups excluding tert-OH is 1. The van der Waals surface area contributed by atoms with Crippen molar-refractivity contribution in [3.05, 3.63) is 35.4 Å². The maximum absolute atomic E-state index is 13.4. The average molecular weight is 307 g/mol. The van der Waals surface area contributed by atoms with E-state index < -0.39 is 33.5 Å². The van der Waals surface area contributed by atoms with Crippen LogP contribution in [0.2, 0.25) is 0 Å². The molecule has 0 aromatic heterocycles. The monoisotopic (exact) mass is 307 g/mol. The minimum Gasteiger partial charge on any atom is -0.391 e. The van der Waals surface area contributed by atoms with Gasteiger partial charge in [0, 0.05) is 18.2 Å².